The van der Waals surface area contributed by atoms with E-state index in [0.29, 0.717) is 5.82 Å². The van der Waals surface area contributed by atoms with E-state index < -0.39 is 0 Å². The summed E-state index contributed by atoms with van der Waals surface area (Å²) in [5.41, 5.74) is 21.3. The van der Waals surface area contributed by atoms with Crippen LogP contribution < -0.4 is 0 Å². The van der Waals surface area contributed by atoms with Gasteiger partial charge in [0.2, 0.25) is 0 Å². The fourth-order valence-electron chi connectivity index (χ4n) is 21.2. The summed E-state index contributed by atoms with van der Waals surface area (Å²) in [6.45, 7) is 0. The van der Waals surface area contributed by atoms with E-state index >= 15 is 0 Å². The van der Waals surface area contributed by atoms with Gasteiger partial charge in [-0.2, -0.15) is 0 Å². The molecule has 0 aliphatic heterocycles. The molecule has 0 saturated carbocycles. The highest BCUT2D eigenvalue weighted by Gasteiger charge is 2.24. The minimum absolute atomic E-state index is 0.716. The molecular weight excluding hydrogens is 1780 g/mol. The van der Waals surface area contributed by atoms with E-state index in [1.165, 1.54) is 57.9 Å². The maximum atomic E-state index is 6.16. The molecule has 0 spiro atoms. The van der Waals surface area contributed by atoms with Crippen molar-refractivity contribution in [1.29, 1.82) is 0 Å². The predicted molar refractivity (Wildman–Crippen MR) is 599 cm³/mol. The number of hydrogen-bond donors (Lipinski definition) is 0. The Bertz CT molecular complexity index is 10300. The molecule has 0 unspecified atom stereocenters. The summed E-state index contributed by atoms with van der Waals surface area (Å²) in [6, 6.07) is 164. The topological polar surface area (TPSA) is 143 Å². The third-order valence-corrected chi connectivity index (χ3v) is 29.2. The number of benzene rings is 23. The van der Waals surface area contributed by atoms with Crippen LogP contribution in [0.15, 0.2) is 486 Å². The van der Waals surface area contributed by atoms with Gasteiger partial charge >= 0.3 is 0 Å². The second-order valence-electron chi connectivity index (χ2n) is 36.5. The van der Waals surface area contributed by atoms with Gasteiger partial charge in [0.05, 0.1) is 44.8 Å². The molecule has 670 valence electrons. The Labute approximate surface area is 827 Å². The number of fused-ring (bicyclic) bond motifs is 30. The largest absolute Gasteiger partial charge is 0.456 e. The number of furan rings is 3. The number of para-hydroxylation sites is 4. The maximum absolute atomic E-state index is 6.16. The number of thiophene rings is 1. The third-order valence-electron chi connectivity index (χ3n) is 28.0. The monoisotopic (exact) mass is 1850 g/mol. The van der Waals surface area contributed by atoms with Crippen molar-refractivity contribution in [2.45, 2.75) is 0 Å². The van der Waals surface area contributed by atoms with Crippen LogP contribution in [0.5, 0.6) is 0 Å². The van der Waals surface area contributed by atoms with Crippen molar-refractivity contribution in [3.8, 4) is 90.6 Å². The average Bonchev–Trinajstić information content (AvgIpc) is 1.45. The van der Waals surface area contributed by atoms with Crippen molar-refractivity contribution >= 4 is 216 Å². The number of nitrogens with zero attached hydrogens (tertiary/aromatic N) is 8. The summed E-state index contributed by atoms with van der Waals surface area (Å²) in [7, 11) is 0. The third kappa shape index (κ3) is 14.4. The first kappa shape index (κ1) is 83.1. The van der Waals surface area contributed by atoms with E-state index in [9.17, 15) is 0 Å². The Balaban J connectivity index is 0.0000000935. The van der Waals surface area contributed by atoms with Crippen LogP contribution in [0.25, 0.3) is 296 Å². The van der Waals surface area contributed by atoms with Crippen LogP contribution in [0.3, 0.4) is 0 Å². The normalized spacial score (nSPS) is 11.8. The van der Waals surface area contributed by atoms with Gasteiger partial charge in [-0.3, -0.25) is 0 Å². The highest BCUT2D eigenvalue weighted by atomic mass is 32.1. The zero-order valence-corrected chi connectivity index (χ0v) is 78.1. The molecule has 144 heavy (non-hydrogen) atoms. The van der Waals surface area contributed by atoms with Gasteiger partial charge in [0.1, 0.15) is 33.5 Å². The molecule has 0 aliphatic carbocycles. The van der Waals surface area contributed by atoms with Gasteiger partial charge in [-0.25, -0.2) is 39.9 Å². The lowest BCUT2D eigenvalue weighted by atomic mass is 9.99. The number of hydrogen-bond acceptors (Lipinski definition) is 12. The van der Waals surface area contributed by atoms with Crippen LogP contribution in [0.1, 0.15) is 0 Å². The fourth-order valence-corrected chi connectivity index (χ4v) is 22.4. The summed E-state index contributed by atoms with van der Waals surface area (Å²) in [5.74, 6) is 2.90. The molecule has 0 bridgehead atoms. The first-order valence-electron chi connectivity index (χ1n) is 48.3. The molecule has 0 saturated heterocycles. The highest BCUT2D eigenvalue weighted by Crippen LogP contribution is 2.47. The van der Waals surface area contributed by atoms with E-state index in [2.05, 4.69) is 388 Å². The Morgan fingerprint density at radius 2 is 0.444 bits per heavy atom. The zero-order valence-electron chi connectivity index (χ0n) is 77.2. The van der Waals surface area contributed by atoms with Crippen LogP contribution in [-0.4, -0.2) is 39.9 Å². The van der Waals surface area contributed by atoms with E-state index in [0.717, 1.165) is 232 Å². The predicted octanol–water partition coefficient (Wildman–Crippen LogP) is 36.0. The van der Waals surface area contributed by atoms with Gasteiger partial charge in [0.25, 0.3) is 0 Å². The fraction of sp³-hybridized carbons (Fsp3) is 0. The van der Waals surface area contributed by atoms with Crippen LogP contribution >= 0.6 is 11.3 Å². The summed E-state index contributed by atoms with van der Waals surface area (Å²) < 4.78 is 21.0. The van der Waals surface area contributed by atoms with Gasteiger partial charge in [-0.15, -0.1) is 11.3 Å². The van der Waals surface area contributed by atoms with E-state index in [1.807, 2.05) is 96.3 Å². The van der Waals surface area contributed by atoms with Crippen molar-refractivity contribution in [3.05, 3.63) is 473 Å². The summed E-state index contributed by atoms with van der Waals surface area (Å²) in [6.07, 6.45) is 0. The molecule has 0 fully saturated rings. The van der Waals surface area contributed by atoms with E-state index in [4.69, 9.17) is 53.1 Å². The van der Waals surface area contributed by atoms with Crippen molar-refractivity contribution in [2.75, 3.05) is 0 Å². The van der Waals surface area contributed by atoms with Gasteiger partial charge < -0.3 is 13.3 Å². The first-order valence-corrected chi connectivity index (χ1v) is 49.1. The van der Waals surface area contributed by atoms with E-state index in [-0.39, 0.29) is 0 Å². The van der Waals surface area contributed by atoms with Crippen LogP contribution in [0.2, 0.25) is 0 Å². The molecule has 0 amide bonds. The van der Waals surface area contributed by atoms with Crippen LogP contribution in [0, 0.1) is 0 Å². The molecule has 8 aromatic heterocycles. The number of aromatic nitrogens is 8. The second-order valence-corrected chi connectivity index (χ2v) is 37.6. The van der Waals surface area contributed by atoms with Crippen LogP contribution in [0.4, 0.5) is 0 Å². The molecule has 0 aliphatic rings. The van der Waals surface area contributed by atoms with Gasteiger partial charge in [0, 0.05) is 124 Å². The minimum Gasteiger partial charge on any atom is -0.456 e. The van der Waals surface area contributed by atoms with Crippen molar-refractivity contribution in [2.24, 2.45) is 0 Å². The molecule has 31 aromatic rings. The molecule has 0 radical (unpaired) electrons. The lowest BCUT2D eigenvalue weighted by Crippen LogP contribution is -1.96. The average molecular weight is 1860 g/mol. The molecule has 0 N–H and O–H groups in total. The SMILES string of the molecule is c1ccc(-c2nc(-c3ccc4ccc5oc6ccccc6c5c4c3)nc3c2ccc2ccccc23)cc1.c1ccc(-c2nc(-c3ccc4ccc5oc6ccccc6c5c4c3)nc3ccc4ccccc4c23)cc1.c1ccc(-c2nc(-c3ccc4ccc5oc6ccccc6c5c4c3)nc3ccccc23)cc1.c1ccc(-c2nc(-c3ccc4ccc5sc6ccccc6c5c4c3)nc3ccc4ccccc4c23)cc1. The summed E-state index contributed by atoms with van der Waals surface area (Å²) in [5, 5.41) is 30.1. The standard InChI is InChI=1S/2C34H20N2O.C34H20N2S.C30H18N2O/c1-2-9-23(10-3-1)33-32-25-11-5-4-8-21(25)16-18-28(32)35-34(36-33)24-15-14-22-17-19-30-31(27(22)20-24)26-12-6-7-13-29(26)37-30;1-2-9-23(10-3-1)32-27-18-16-21-8-4-5-11-25(21)33(27)36-34(35-32)24-15-14-22-17-19-30-31(28(22)20-24)26-12-6-7-13-29(26)37-30;1-2-9-23(10-3-1)33-32-25-11-5-4-8-21(25)16-18-28(32)35-34(36-33)24-15-14-22-17-19-30-31(27(22)20-24)26-12-6-7-13-29(26)37-30;1-2-8-20(9-3-1)29-22-10-4-6-12-25(22)31-30(32-29)21-15-14-19-16-17-27-28(24(19)18-21)23-11-5-7-13-26(23)33-27/h3*1-20H;1-18H. The van der Waals surface area contributed by atoms with Gasteiger partial charge in [0.15, 0.2) is 23.3 Å². The zero-order chi connectivity index (χ0) is 94.8. The smallest absolute Gasteiger partial charge is 0.160 e. The van der Waals surface area contributed by atoms with Crippen LogP contribution in [-0.2, 0) is 0 Å². The highest BCUT2D eigenvalue weighted by molar-refractivity contribution is 7.26. The van der Waals surface area contributed by atoms with Gasteiger partial charge in [-0.1, -0.05) is 376 Å². The Morgan fingerprint density at radius 1 is 0.146 bits per heavy atom. The Hall–Kier alpha value is -19.1. The van der Waals surface area contributed by atoms with Crippen molar-refractivity contribution < 1.29 is 13.3 Å². The molecular formula is C132H78N8O3S. The first-order chi connectivity index (χ1) is 71.3. The molecule has 31 rings (SSSR count). The molecule has 11 nitrogen and oxygen atoms in total. The summed E-state index contributed by atoms with van der Waals surface area (Å²) >= 11 is 1.85. The lowest BCUT2D eigenvalue weighted by Gasteiger charge is -2.12. The molecule has 8 heterocycles. The Kier molecular flexibility index (Phi) is 19.9. The van der Waals surface area contributed by atoms with Crippen molar-refractivity contribution in [3.63, 3.8) is 0 Å². The van der Waals surface area contributed by atoms with Gasteiger partial charge in [-0.05, 0) is 167 Å². The van der Waals surface area contributed by atoms with Crippen molar-refractivity contribution in [1.82, 2.24) is 39.9 Å². The number of rotatable bonds is 8. The Morgan fingerprint density at radius 3 is 0.889 bits per heavy atom. The lowest BCUT2D eigenvalue weighted by molar-refractivity contribution is 0.669. The summed E-state index contributed by atoms with van der Waals surface area (Å²) in [4.78, 5) is 40.9. The minimum atomic E-state index is 0.716. The second kappa shape index (κ2) is 34.5. The van der Waals surface area contributed by atoms with E-state index in [1.54, 1.807) is 0 Å². The maximum Gasteiger partial charge on any atom is 0.160 e. The quantitative estimate of drug-likeness (QED) is 0.134. The molecule has 23 aromatic carbocycles. The molecule has 0 atom stereocenters. The molecule has 12 heteroatoms.